The number of guanidine groups is 1. The Morgan fingerprint density at radius 2 is 2.15 bits per heavy atom. The minimum atomic E-state index is -0.472. The third-order valence-electron chi connectivity index (χ3n) is 4.44. The van der Waals surface area contributed by atoms with Gasteiger partial charge in [-0.3, -0.25) is 9.79 Å². The van der Waals surface area contributed by atoms with Crippen LogP contribution in [0.1, 0.15) is 26.3 Å². The molecule has 1 atom stereocenters. The van der Waals surface area contributed by atoms with Crippen molar-refractivity contribution in [2.24, 2.45) is 16.6 Å². The van der Waals surface area contributed by atoms with E-state index in [1.165, 1.54) is 5.56 Å². The molecule has 0 aliphatic carbocycles. The van der Waals surface area contributed by atoms with Gasteiger partial charge in [0.15, 0.2) is 12.6 Å². The fourth-order valence-corrected chi connectivity index (χ4v) is 4.19. The third-order valence-corrected chi connectivity index (χ3v) is 5.98. The number of aliphatic imine (C=N–C) groups is 1. The van der Waals surface area contributed by atoms with E-state index >= 15 is 0 Å². The Hall–Kier alpha value is -1.89. The van der Waals surface area contributed by atoms with E-state index in [-0.39, 0.29) is 6.61 Å². The third kappa shape index (κ3) is 7.33. The van der Waals surface area contributed by atoms with Crippen LogP contribution < -0.4 is 15.8 Å². The van der Waals surface area contributed by atoms with E-state index < -0.39 is 5.91 Å². The summed E-state index contributed by atoms with van der Waals surface area (Å²) in [7, 11) is 0. The Morgan fingerprint density at radius 3 is 2.78 bits per heavy atom. The van der Waals surface area contributed by atoms with Crippen molar-refractivity contribution in [3.63, 3.8) is 0 Å². The van der Waals surface area contributed by atoms with Gasteiger partial charge in [0.25, 0.3) is 5.91 Å². The summed E-state index contributed by atoms with van der Waals surface area (Å²) in [5.41, 5.74) is 6.28. The monoisotopic (exact) mass is 392 g/mol. The largest absolute Gasteiger partial charge is 0.484 e. The van der Waals surface area contributed by atoms with Gasteiger partial charge in [-0.05, 0) is 37.0 Å². The molecule has 150 valence electrons. The van der Waals surface area contributed by atoms with Gasteiger partial charge in [-0.2, -0.15) is 11.8 Å². The lowest BCUT2D eigenvalue weighted by Crippen LogP contribution is -2.49. The van der Waals surface area contributed by atoms with Crippen molar-refractivity contribution in [2.45, 2.75) is 32.4 Å². The molecule has 1 aliphatic heterocycles. The minimum Gasteiger partial charge on any atom is -0.484 e. The number of hydrogen-bond acceptors (Lipinski definition) is 4. The van der Waals surface area contributed by atoms with Gasteiger partial charge in [0.1, 0.15) is 5.75 Å². The smallest absolute Gasteiger partial charge is 0.255 e. The van der Waals surface area contributed by atoms with Crippen LogP contribution in [0.3, 0.4) is 0 Å². The molecule has 1 heterocycles. The number of thioether (sulfide) groups is 1. The molecule has 0 bridgehead atoms. The van der Waals surface area contributed by atoms with Crippen molar-refractivity contribution in [1.82, 2.24) is 10.2 Å². The van der Waals surface area contributed by atoms with Crippen molar-refractivity contribution in [2.75, 3.05) is 38.5 Å². The number of carbonyl (C=O) groups is 1. The summed E-state index contributed by atoms with van der Waals surface area (Å²) in [6, 6.07) is 7.74. The fourth-order valence-electron chi connectivity index (χ4n) is 2.89. The summed E-state index contributed by atoms with van der Waals surface area (Å²) in [5.74, 6) is 3.03. The molecule has 1 aliphatic rings. The SMILES string of the molecule is CCNC(=NCCc1ccc(OCC(N)=O)cc1)N1CCSC(C(C)C)C1. The highest BCUT2D eigenvalue weighted by Crippen LogP contribution is 2.24. The van der Waals surface area contributed by atoms with Crippen LogP contribution in [-0.2, 0) is 11.2 Å². The highest BCUT2D eigenvalue weighted by Gasteiger charge is 2.24. The number of carbonyl (C=O) groups excluding carboxylic acids is 1. The van der Waals surface area contributed by atoms with E-state index in [9.17, 15) is 4.79 Å². The lowest BCUT2D eigenvalue weighted by molar-refractivity contribution is -0.119. The second kappa shape index (κ2) is 11.1. The molecule has 6 nitrogen and oxygen atoms in total. The van der Waals surface area contributed by atoms with E-state index in [0.717, 1.165) is 44.3 Å². The van der Waals surface area contributed by atoms with E-state index in [1.807, 2.05) is 24.3 Å². The molecule has 1 amide bonds. The maximum atomic E-state index is 10.8. The Kier molecular flexibility index (Phi) is 8.78. The second-order valence-corrected chi connectivity index (χ2v) is 8.33. The topological polar surface area (TPSA) is 80.0 Å². The first-order valence-corrected chi connectivity index (χ1v) is 10.7. The second-order valence-electron chi connectivity index (χ2n) is 6.98. The van der Waals surface area contributed by atoms with Crippen LogP contribution in [0.25, 0.3) is 0 Å². The summed E-state index contributed by atoms with van der Waals surface area (Å²) < 4.78 is 5.28. The Balaban J connectivity index is 1.90. The number of benzene rings is 1. The molecular formula is C20H32N4O2S. The van der Waals surface area contributed by atoms with Gasteiger partial charge in [0.05, 0.1) is 0 Å². The summed E-state index contributed by atoms with van der Waals surface area (Å²) in [5, 5.41) is 4.10. The molecule has 1 aromatic carbocycles. The van der Waals surface area contributed by atoms with Crippen LogP contribution in [0.15, 0.2) is 29.3 Å². The molecule has 1 aromatic rings. The van der Waals surface area contributed by atoms with E-state index in [4.69, 9.17) is 15.5 Å². The molecule has 27 heavy (non-hydrogen) atoms. The molecule has 1 unspecified atom stereocenters. The Bertz CT molecular complexity index is 619. The first-order chi connectivity index (χ1) is 13.0. The lowest BCUT2D eigenvalue weighted by Gasteiger charge is -2.36. The number of hydrogen-bond donors (Lipinski definition) is 2. The summed E-state index contributed by atoms with van der Waals surface area (Å²) in [4.78, 5) is 18.0. The minimum absolute atomic E-state index is 0.0961. The predicted octanol–water partition coefficient (Wildman–Crippen LogP) is 2.13. The van der Waals surface area contributed by atoms with Crippen molar-refractivity contribution >= 4 is 23.6 Å². The quantitative estimate of drug-likeness (QED) is 0.523. The summed E-state index contributed by atoms with van der Waals surface area (Å²) >= 11 is 2.07. The van der Waals surface area contributed by atoms with Crippen LogP contribution in [0, 0.1) is 5.92 Å². The van der Waals surface area contributed by atoms with Crippen molar-refractivity contribution in [3.8, 4) is 5.75 Å². The Labute approximate surface area is 166 Å². The highest BCUT2D eigenvalue weighted by molar-refractivity contribution is 8.00. The molecule has 0 spiro atoms. The number of rotatable bonds is 8. The summed E-state index contributed by atoms with van der Waals surface area (Å²) in [6.07, 6.45) is 0.862. The zero-order chi connectivity index (χ0) is 19.6. The van der Waals surface area contributed by atoms with E-state index in [1.54, 1.807) is 0 Å². The van der Waals surface area contributed by atoms with Gasteiger partial charge < -0.3 is 20.7 Å². The first kappa shape index (κ1) is 21.4. The van der Waals surface area contributed by atoms with Gasteiger partial charge in [-0.15, -0.1) is 0 Å². The number of amides is 1. The van der Waals surface area contributed by atoms with Gasteiger partial charge in [0, 0.05) is 37.2 Å². The van der Waals surface area contributed by atoms with Crippen molar-refractivity contribution < 1.29 is 9.53 Å². The molecule has 3 N–H and O–H groups in total. The molecule has 1 saturated heterocycles. The van der Waals surface area contributed by atoms with Crippen molar-refractivity contribution in [3.05, 3.63) is 29.8 Å². The number of nitrogens with two attached hydrogens (primary N) is 1. The van der Waals surface area contributed by atoms with Gasteiger partial charge in [-0.25, -0.2) is 0 Å². The lowest BCUT2D eigenvalue weighted by atomic mass is 10.1. The molecule has 1 fully saturated rings. The van der Waals surface area contributed by atoms with Crippen LogP contribution in [-0.4, -0.2) is 60.6 Å². The molecule has 0 aromatic heterocycles. The first-order valence-electron chi connectivity index (χ1n) is 9.64. The van der Waals surface area contributed by atoms with Crippen LogP contribution in [0.4, 0.5) is 0 Å². The van der Waals surface area contributed by atoms with E-state index in [2.05, 4.69) is 42.7 Å². The molecule has 7 heteroatoms. The molecular weight excluding hydrogens is 360 g/mol. The number of nitrogens with one attached hydrogen (secondary N) is 1. The normalized spacial score (nSPS) is 17.9. The zero-order valence-corrected chi connectivity index (χ0v) is 17.4. The average Bonchev–Trinajstić information content (AvgIpc) is 2.66. The fraction of sp³-hybridized carbons (Fsp3) is 0.600. The number of ether oxygens (including phenoxy) is 1. The average molecular weight is 393 g/mol. The van der Waals surface area contributed by atoms with Gasteiger partial charge in [-0.1, -0.05) is 26.0 Å². The van der Waals surface area contributed by atoms with Crippen molar-refractivity contribution in [1.29, 1.82) is 0 Å². The predicted molar refractivity (Wildman–Crippen MR) is 113 cm³/mol. The summed E-state index contributed by atoms with van der Waals surface area (Å²) in [6.45, 7) is 10.3. The van der Waals surface area contributed by atoms with Crippen LogP contribution in [0.5, 0.6) is 5.75 Å². The maximum Gasteiger partial charge on any atom is 0.255 e. The Morgan fingerprint density at radius 1 is 1.41 bits per heavy atom. The maximum absolute atomic E-state index is 10.8. The van der Waals surface area contributed by atoms with Crippen LogP contribution >= 0.6 is 11.8 Å². The molecule has 2 rings (SSSR count). The standard InChI is InChI=1S/C20H32N4O2S/c1-4-22-20(24-11-12-27-18(13-24)15(2)3)23-10-9-16-5-7-17(8-6-16)26-14-19(21)25/h5-8,15,18H,4,9-14H2,1-3H3,(H2,21,25)(H,22,23). The van der Waals surface area contributed by atoms with Crippen LogP contribution in [0.2, 0.25) is 0 Å². The van der Waals surface area contributed by atoms with Gasteiger partial charge in [0.2, 0.25) is 0 Å². The number of primary amides is 1. The number of nitrogens with zero attached hydrogens (tertiary/aromatic N) is 2. The zero-order valence-electron chi connectivity index (χ0n) is 16.6. The van der Waals surface area contributed by atoms with E-state index in [0.29, 0.717) is 16.9 Å². The molecule has 0 radical (unpaired) electrons. The highest BCUT2D eigenvalue weighted by atomic mass is 32.2. The van der Waals surface area contributed by atoms with Gasteiger partial charge >= 0.3 is 0 Å². The molecule has 0 saturated carbocycles.